The molecular formula is C14H14ClN3O2S. The van der Waals surface area contributed by atoms with Gasteiger partial charge in [-0.3, -0.25) is 0 Å². The maximum Gasteiger partial charge on any atom is 0.162 e. The number of nitriles is 1. The molecule has 0 saturated carbocycles. The van der Waals surface area contributed by atoms with Crippen LogP contribution in [0.2, 0.25) is 5.15 Å². The molecule has 5 nitrogen and oxygen atoms in total. The minimum absolute atomic E-state index is 0.158. The summed E-state index contributed by atoms with van der Waals surface area (Å²) in [6.45, 7) is 2.38. The Morgan fingerprint density at radius 3 is 3.10 bits per heavy atom. The van der Waals surface area contributed by atoms with Crippen molar-refractivity contribution >= 4 is 28.1 Å². The van der Waals surface area contributed by atoms with Gasteiger partial charge in [-0.15, -0.1) is 0 Å². The fourth-order valence-electron chi connectivity index (χ4n) is 1.66. The van der Waals surface area contributed by atoms with Crippen molar-refractivity contribution in [3.8, 4) is 11.8 Å². The average Bonchev–Trinajstić information content (AvgIpc) is 2.83. The highest BCUT2D eigenvalue weighted by Crippen LogP contribution is 2.27. The zero-order valence-corrected chi connectivity index (χ0v) is 12.9. The van der Waals surface area contributed by atoms with E-state index in [2.05, 4.69) is 9.69 Å². The molecule has 21 heavy (non-hydrogen) atoms. The van der Waals surface area contributed by atoms with Crippen molar-refractivity contribution in [2.45, 2.75) is 13.0 Å². The number of hydrogen-bond donors (Lipinski definition) is 2. The summed E-state index contributed by atoms with van der Waals surface area (Å²) in [5.74, 6) is 0.715. The lowest BCUT2D eigenvalue weighted by atomic mass is 10.2. The summed E-state index contributed by atoms with van der Waals surface area (Å²) >= 11 is 6.86. The monoisotopic (exact) mass is 323 g/mol. The predicted octanol–water partition coefficient (Wildman–Crippen LogP) is 2.83. The van der Waals surface area contributed by atoms with Gasteiger partial charge in [0.05, 0.1) is 0 Å². The van der Waals surface area contributed by atoms with Crippen LogP contribution in [0.5, 0.6) is 5.75 Å². The molecule has 7 heteroatoms. The number of nitrogens with zero attached hydrogens (tertiary/aromatic N) is 2. The van der Waals surface area contributed by atoms with Crippen LogP contribution in [0.1, 0.15) is 11.1 Å². The van der Waals surface area contributed by atoms with Gasteiger partial charge in [0.25, 0.3) is 0 Å². The van der Waals surface area contributed by atoms with Gasteiger partial charge in [0.1, 0.15) is 35.1 Å². The van der Waals surface area contributed by atoms with E-state index in [1.807, 2.05) is 37.3 Å². The first-order valence-corrected chi connectivity index (χ1v) is 7.42. The van der Waals surface area contributed by atoms with Crippen LogP contribution in [0.15, 0.2) is 24.3 Å². The Morgan fingerprint density at radius 1 is 1.57 bits per heavy atom. The molecule has 2 N–H and O–H groups in total. The molecular weight excluding hydrogens is 310 g/mol. The number of anilines is 1. The Morgan fingerprint density at radius 2 is 2.38 bits per heavy atom. The number of aliphatic hydroxyl groups is 1. The van der Waals surface area contributed by atoms with Crippen LogP contribution in [0.4, 0.5) is 5.00 Å². The second-order valence-corrected chi connectivity index (χ2v) is 5.58. The van der Waals surface area contributed by atoms with Gasteiger partial charge in [-0.05, 0) is 36.2 Å². The van der Waals surface area contributed by atoms with Gasteiger partial charge in [-0.1, -0.05) is 23.7 Å². The summed E-state index contributed by atoms with van der Waals surface area (Å²) in [5, 5.41) is 22.5. The summed E-state index contributed by atoms with van der Waals surface area (Å²) in [6, 6.07) is 9.58. The van der Waals surface area contributed by atoms with Crippen molar-refractivity contribution in [3.63, 3.8) is 0 Å². The molecule has 0 bridgehead atoms. The normalized spacial score (nSPS) is 11.7. The molecule has 2 aromatic rings. The Labute approximate surface area is 131 Å². The first-order chi connectivity index (χ1) is 10.1. The maximum atomic E-state index is 9.89. The van der Waals surface area contributed by atoms with Gasteiger partial charge in [0.2, 0.25) is 0 Å². The third-order valence-corrected chi connectivity index (χ3v) is 3.87. The molecule has 0 amide bonds. The fourth-order valence-corrected chi connectivity index (χ4v) is 2.60. The van der Waals surface area contributed by atoms with Crippen LogP contribution in [-0.2, 0) is 0 Å². The Hall–Kier alpha value is -1.81. The standard InChI is InChI=1S/C14H14ClN3O2S/c1-9-3-2-4-11(5-9)20-8-10(19)7-17-14-12(6-16)13(15)18-21-14/h2-5,10,17,19H,7-8H2,1H3. The first-order valence-electron chi connectivity index (χ1n) is 6.27. The molecule has 0 saturated heterocycles. The summed E-state index contributed by atoms with van der Waals surface area (Å²) < 4.78 is 9.38. The third-order valence-electron chi connectivity index (χ3n) is 2.69. The summed E-state index contributed by atoms with van der Waals surface area (Å²) in [6.07, 6.45) is -0.710. The molecule has 1 aromatic heterocycles. The number of aromatic nitrogens is 1. The number of benzene rings is 1. The van der Waals surface area contributed by atoms with Crippen LogP contribution < -0.4 is 10.1 Å². The number of nitrogens with one attached hydrogen (secondary N) is 1. The SMILES string of the molecule is Cc1cccc(OCC(O)CNc2snc(Cl)c2C#N)c1. The van der Waals surface area contributed by atoms with E-state index in [1.54, 1.807) is 0 Å². The quantitative estimate of drug-likeness (QED) is 0.854. The predicted molar refractivity (Wildman–Crippen MR) is 83.0 cm³/mol. The highest BCUT2D eigenvalue weighted by Gasteiger charge is 2.13. The van der Waals surface area contributed by atoms with Crippen molar-refractivity contribution in [1.29, 1.82) is 5.26 Å². The van der Waals surface area contributed by atoms with E-state index < -0.39 is 6.10 Å². The minimum Gasteiger partial charge on any atom is -0.491 e. The summed E-state index contributed by atoms with van der Waals surface area (Å²) in [4.78, 5) is 0. The van der Waals surface area contributed by atoms with Gasteiger partial charge in [-0.25, -0.2) is 0 Å². The molecule has 1 unspecified atom stereocenters. The highest BCUT2D eigenvalue weighted by molar-refractivity contribution is 7.10. The highest BCUT2D eigenvalue weighted by atomic mass is 35.5. The van der Waals surface area contributed by atoms with Crippen LogP contribution in [0.25, 0.3) is 0 Å². The third kappa shape index (κ3) is 4.33. The molecule has 0 aliphatic rings. The lowest BCUT2D eigenvalue weighted by molar-refractivity contribution is 0.117. The number of ether oxygens (including phenoxy) is 1. The maximum absolute atomic E-state index is 9.89. The van der Waals surface area contributed by atoms with Crippen LogP contribution >= 0.6 is 23.1 Å². The zero-order chi connectivity index (χ0) is 15.2. The van der Waals surface area contributed by atoms with E-state index in [9.17, 15) is 5.11 Å². The van der Waals surface area contributed by atoms with Gasteiger partial charge in [0.15, 0.2) is 5.15 Å². The van der Waals surface area contributed by atoms with Gasteiger partial charge >= 0.3 is 0 Å². The number of aliphatic hydroxyl groups excluding tert-OH is 1. The second kappa shape index (κ2) is 7.27. The van der Waals surface area contributed by atoms with Crippen molar-refractivity contribution in [3.05, 3.63) is 40.5 Å². The molecule has 0 radical (unpaired) electrons. The average molecular weight is 324 g/mol. The van der Waals surface area contributed by atoms with E-state index >= 15 is 0 Å². The van der Waals surface area contributed by atoms with Crippen molar-refractivity contribution < 1.29 is 9.84 Å². The lowest BCUT2D eigenvalue weighted by Crippen LogP contribution is -2.26. The lowest BCUT2D eigenvalue weighted by Gasteiger charge is -2.13. The smallest absolute Gasteiger partial charge is 0.162 e. The topological polar surface area (TPSA) is 78.2 Å². The van der Waals surface area contributed by atoms with Crippen LogP contribution in [0, 0.1) is 18.3 Å². The van der Waals surface area contributed by atoms with E-state index in [0.29, 0.717) is 16.3 Å². The summed E-state index contributed by atoms with van der Waals surface area (Å²) in [5.41, 5.74) is 1.39. The Bertz CT molecular complexity index is 654. The molecule has 0 aliphatic heterocycles. The molecule has 2 rings (SSSR count). The molecule has 0 fully saturated rings. The van der Waals surface area contributed by atoms with Crippen LogP contribution in [-0.4, -0.2) is 28.7 Å². The van der Waals surface area contributed by atoms with E-state index in [-0.39, 0.29) is 18.3 Å². The van der Waals surface area contributed by atoms with Gasteiger partial charge in [0, 0.05) is 6.54 Å². The number of halogens is 1. The molecule has 1 aromatic carbocycles. The first kappa shape index (κ1) is 15.6. The molecule has 1 atom stereocenters. The molecule has 1 heterocycles. The number of aryl methyl sites for hydroxylation is 1. The van der Waals surface area contributed by atoms with Crippen molar-refractivity contribution in [2.24, 2.45) is 0 Å². The molecule has 110 valence electrons. The fraction of sp³-hybridized carbons (Fsp3) is 0.286. The van der Waals surface area contributed by atoms with Crippen LogP contribution in [0.3, 0.4) is 0 Å². The van der Waals surface area contributed by atoms with E-state index in [1.165, 1.54) is 0 Å². The van der Waals surface area contributed by atoms with Crippen molar-refractivity contribution in [1.82, 2.24) is 4.37 Å². The Balaban J connectivity index is 1.82. The number of hydrogen-bond acceptors (Lipinski definition) is 6. The zero-order valence-electron chi connectivity index (χ0n) is 11.3. The second-order valence-electron chi connectivity index (χ2n) is 4.45. The van der Waals surface area contributed by atoms with Gasteiger partial charge in [-0.2, -0.15) is 9.64 Å². The van der Waals surface area contributed by atoms with Gasteiger partial charge < -0.3 is 15.2 Å². The minimum atomic E-state index is -0.710. The number of rotatable bonds is 6. The van der Waals surface area contributed by atoms with E-state index in [0.717, 1.165) is 17.1 Å². The summed E-state index contributed by atoms with van der Waals surface area (Å²) in [7, 11) is 0. The van der Waals surface area contributed by atoms with E-state index in [4.69, 9.17) is 21.6 Å². The van der Waals surface area contributed by atoms with Crippen molar-refractivity contribution in [2.75, 3.05) is 18.5 Å². The Kier molecular flexibility index (Phi) is 5.39. The molecule has 0 aliphatic carbocycles. The largest absolute Gasteiger partial charge is 0.491 e. The molecule has 0 spiro atoms.